The van der Waals surface area contributed by atoms with E-state index in [1.54, 1.807) is 0 Å². The lowest BCUT2D eigenvalue weighted by atomic mass is 9.70. The predicted octanol–water partition coefficient (Wildman–Crippen LogP) is 0.429. The standard InChI is InChI=1S/C11H18N2O2/c1-11(3-2-4-11)7-13-10(15)8-5-9(14)12-6-8/h8H,2-7H2,1H3,(H,12,14)(H,13,15). The quantitative estimate of drug-likeness (QED) is 0.709. The topological polar surface area (TPSA) is 58.2 Å². The first-order chi connectivity index (χ1) is 7.09. The molecule has 4 nitrogen and oxygen atoms in total. The van der Waals surface area contributed by atoms with Crippen molar-refractivity contribution in [2.24, 2.45) is 11.3 Å². The van der Waals surface area contributed by atoms with Crippen LogP contribution in [0, 0.1) is 11.3 Å². The molecule has 84 valence electrons. The number of rotatable bonds is 3. The van der Waals surface area contributed by atoms with E-state index < -0.39 is 0 Å². The zero-order valence-corrected chi connectivity index (χ0v) is 9.14. The van der Waals surface area contributed by atoms with Gasteiger partial charge < -0.3 is 10.6 Å². The Morgan fingerprint density at radius 3 is 2.80 bits per heavy atom. The third-order valence-corrected chi connectivity index (χ3v) is 3.60. The molecular formula is C11H18N2O2. The van der Waals surface area contributed by atoms with Gasteiger partial charge in [-0.15, -0.1) is 0 Å². The first-order valence-electron chi connectivity index (χ1n) is 5.63. The van der Waals surface area contributed by atoms with Crippen LogP contribution in [-0.2, 0) is 9.59 Å². The largest absolute Gasteiger partial charge is 0.355 e. The zero-order chi connectivity index (χ0) is 10.9. The SMILES string of the molecule is CC1(CNC(=O)C2CNC(=O)C2)CCC1. The van der Waals surface area contributed by atoms with Crippen molar-refractivity contribution in [3.05, 3.63) is 0 Å². The number of amides is 2. The minimum absolute atomic E-state index is 0.00925. The number of hydrogen-bond donors (Lipinski definition) is 2. The summed E-state index contributed by atoms with van der Waals surface area (Å²) in [5.41, 5.74) is 0.311. The fourth-order valence-corrected chi connectivity index (χ4v) is 2.19. The molecule has 1 saturated carbocycles. The Hall–Kier alpha value is -1.06. The van der Waals surface area contributed by atoms with Gasteiger partial charge in [0.2, 0.25) is 11.8 Å². The third-order valence-electron chi connectivity index (χ3n) is 3.60. The van der Waals surface area contributed by atoms with E-state index in [0.29, 0.717) is 18.4 Å². The molecule has 1 unspecified atom stereocenters. The maximum atomic E-state index is 11.7. The van der Waals surface area contributed by atoms with Crippen molar-refractivity contribution >= 4 is 11.8 Å². The highest BCUT2D eigenvalue weighted by Crippen LogP contribution is 2.39. The van der Waals surface area contributed by atoms with Gasteiger partial charge in [-0.25, -0.2) is 0 Å². The molecule has 15 heavy (non-hydrogen) atoms. The van der Waals surface area contributed by atoms with Gasteiger partial charge in [0.05, 0.1) is 5.92 Å². The summed E-state index contributed by atoms with van der Waals surface area (Å²) in [7, 11) is 0. The number of carbonyl (C=O) groups is 2. The normalized spacial score (nSPS) is 28.1. The molecule has 1 heterocycles. The monoisotopic (exact) mass is 210 g/mol. The molecule has 0 aromatic rings. The fourth-order valence-electron chi connectivity index (χ4n) is 2.19. The van der Waals surface area contributed by atoms with Crippen molar-refractivity contribution in [3.8, 4) is 0 Å². The van der Waals surface area contributed by atoms with Crippen LogP contribution in [0.1, 0.15) is 32.6 Å². The summed E-state index contributed by atoms with van der Waals surface area (Å²) in [5, 5.41) is 5.63. The van der Waals surface area contributed by atoms with Gasteiger partial charge in [0.1, 0.15) is 0 Å². The van der Waals surface area contributed by atoms with Crippen LogP contribution < -0.4 is 10.6 Å². The maximum Gasteiger partial charge on any atom is 0.225 e. The minimum Gasteiger partial charge on any atom is -0.355 e. The first kappa shape index (κ1) is 10.5. The van der Waals surface area contributed by atoms with Gasteiger partial charge in [-0.2, -0.15) is 0 Å². The molecule has 2 amide bonds. The Balaban J connectivity index is 1.75. The molecule has 0 bridgehead atoms. The molecule has 1 saturated heterocycles. The number of hydrogen-bond acceptors (Lipinski definition) is 2. The molecule has 0 aromatic heterocycles. The van der Waals surface area contributed by atoms with E-state index in [2.05, 4.69) is 17.6 Å². The van der Waals surface area contributed by atoms with Crippen molar-refractivity contribution in [2.75, 3.05) is 13.1 Å². The maximum absolute atomic E-state index is 11.7. The third kappa shape index (κ3) is 2.30. The van der Waals surface area contributed by atoms with Crippen LogP contribution in [0.3, 0.4) is 0 Å². The molecule has 1 atom stereocenters. The van der Waals surface area contributed by atoms with Crippen LogP contribution >= 0.6 is 0 Å². The van der Waals surface area contributed by atoms with Gasteiger partial charge >= 0.3 is 0 Å². The molecular weight excluding hydrogens is 192 g/mol. The van der Waals surface area contributed by atoms with Crippen molar-refractivity contribution in [2.45, 2.75) is 32.6 Å². The molecule has 2 aliphatic rings. The van der Waals surface area contributed by atoms with Crippen LogP contribution in [0.25, 0.3) is 0 Å². The number of carbonyl (C=O) groups excluding carboxylic acids is 2. The summed E-state index contributed by atoms with van der Waals surface area (Å²) < 4.78 is 0. The summed E-state index contributed by atoms with van der Waals surface area (Å²) in [6, 6.07) is 0. The highest BCUT2D eigenvalue weighted by Gasteiger charge is 2.34. The average molecular weight is 210 g/mol. The van der Waals surface area contributed by atoms with E-state index in [4.69, 9.17) is 0 Å². The van der Waals surface area contributed by atoms with Gasteiger partial charge in [-0.05, 0) is 18.3 Å². The van der Waals surface area contributed by atoms with E-state index in [0.717, 1.165) is 6.54 Å². The van der Waals surface area contributed by atoms with E-state index in [9.17, 15) is 9.59 Å². The van der Waals surface area contributed by atoms with Crippen molar-refractivity contribution in [1.29, 1.82) is 0 Å². The molecule has 2 fully saturated rings. The Morgan fingerprint density at radius 2 is 2.33 bits per heavy atom. The average Bonchev–Trinajstić information content (AvgIpc) is 2.58. The van der Waals surface area contributed by atoms with Gasteiger partial charge in [-0.3, -0.25) is 9.59 Å². The second-order valence-electron chi connectivity index (χ2n) is 5.09. The molecule has 0 radical (unpaired) electrons. The summed E-state index contributed by atoms with van der Waals surface area (Å²) >= 11 is 0. The highest BCUT2D eigenvalue weighted by molar-refractivity contribution is 5.89. The Bertz CT molecular complexity index is 284. The van der Waals surface area contributed by atoms with E-state index >= 15 is 0 Å². The first-order valence-corrected chi connectivity index (χ1v) is 5.63. The van der Waals surface area contributed by atoms with Crippen LogP contribution in [0.2, 0.25) is 0 Å². The lowest BCUT2D eigenvalue weighted by Crippen LogP contribution is -2.42. The van der Waals surface area contributed by atoms with Gasteiger partial charge in [-0.1, -0.05) is 13.3 Å². The van der Waals surface area contributed by atoms with Gasteiger partial charge in [0.15, 0.2) is 0 Å². The lowest BCUT2D eigenvalue weighted by molar-refractivity contribution is -0.127. The highest BCUT2D eigenvalue weighted by atomic mass is 16.2. The molecule has 1 aliphatic heterocycles. The summed E-state index contributed by atoms with van der Waals surface area (Å²) in [5.74, 6) is -0.132. The fraction of sp³-hybridized carbons (Fsp3) is 0.818. The zero-order valence-electron chi connectivity index (χ0n) is 9.14. The summed E-state index contributed by atoms with van der Waals surface area (Å²) in [4.78, 5) is 22.6. The molecule has 0 aromatic carbocycles. The molecule has 0 spiro atoms. The number of nitrogens with one attached hydrogen (secondary N) is 2. The van der Waals surface area contributed by atoms with Gasteiger partial charge in [0.25, 0.3) is 0 Å². The molecule has 2 N–H and O–H groups in total. The van der Waals surface area contributed by atoms with E-state index in [1.165, 1.54) is 19.3 Å². The molecule has 2 rings (SSSR count). The van der Waals surface area contributed by atoms with Crippen LogP contribution in [0.5, 0.6) is 0 Å². The second-order valence-corrected chi connectivity index (χ2v) is 5.09. The van der Waals surface area contributed by atoms with Crippen molar-refractivity contribution in [1.82, 2.24) is 10.6 Å². The molecule has 4 heteroatoms. The minimum atomic E-state index is -0.152. The smallest absolute Gasteiger partial charge is 0.225 e. The van der Waals surface area contributed by atoms with Crippen LogP contribution in [-0.4, -0.2) is 24.9 Å². The lowest BCUT2D eigenvalue weighted by Gasteiger charge is -2.38. The summed E-state index contributed by atoms with van der Waals surface area (Å²) in [6.07, 6.45) is 4.03. The van der Waals surface area contributed by atoms with E-state index in [1.807, 2.05) is 0 Å². The van der Waals surface area contributed by atoms with Gasteiger partial charge in [0, 0.05) is 19.5 Å². The predicted molar refractivity (Wildman–Crippen MR) is 56.1 cm³/mol. The Kier molecular flexibility index (Phi) is 2.67. The van der Waals surface area contributed by atoms with Crippen LogP contribution in [0.15, 0.2) is 0 Å². The summed E-state index contributed by atoms with van der Waals surface area (Å²) in [6.45, 7) is 3.47. The van der Waals surface area contributed by atoms with E-state index in [-0.39, 0.29) is 17.7 Å². The van der Waals surface area contributed by atoms with Crippen LogP contribution in [0.4, 0.5) is 0 Å². The second kappa shape index (κ2) is 3.83. The van der Waals surface area contributed by atoms with Crippen molar-refractivity contribution in [3.63, 3.8) is 0 Å². The Labute approximate surface area is 89.8 Å². The Morgan fingerprint density at radius 1 is 1.60 bits per heavy atom. The molecule has 1 aliphatic carbocycles. The van der Waals surface area contributed by atoms with Crippen molar-refractivity contribution < 1.29 is 9.59 Å².